The monoisotopic (exact) mass is 306 g/mol. The van der Waals surface area contributed by atoms with E-state index in [4.69, 9.17) is 0 Å². The van der Waals surface area contributed by atoms with Crippen molar-refractivity contribution < 1.29 is 4.39 Å². The van der Waals surface area contributed by atoms with Gasteiger partial charge in [-0.15, -0.1) is 5.10 Å². The molecule has 0 atom stereocenters. The van der Waals surface area contributed by atoms with Gasteiger partial charge in [-0.3, -0.25) is 0 Å². The molecule has 0 radical (unpaired) electrons. The van der Waals surface area contributed by atoms with Gasteiger partial charge in [0.2, 0.25) is 0 Å². The maximum absolute atomic E-state index is 13.1. The van der Waals surface area contributed by atoms with Gasteiger partial charge in [0.25, 0.3) is 0 Å². The summed E-state index contributed by atoms with van der Waals surface area (Å²) in [6.45, 7) is 3.99. The first-order chi connectivity index (χ1) is 11.1. The molecule has 23 heavy (non-hydrogen) atoms. The fourth-order valence-corrected chi connectivity index (χ4v) is 2.48. The number of nitriles is 1. The van der Waals surface area contributed by atoms with Crippen molar-refractivity contribution in [3.8, 4) is 11.8 Å². The fourth-order valence-electron chi connectivity index (χ4n) is 2.48. The van der Waals surface area contributed by atoms with Crippen molar-refractivity contribution in [2.45, 2.75) is 20.3 Å². The Kier molecular flexibility index (Phi) is 3.90. The lowest BCUT2D eigenvalue weighted by Gasteiger charge is -2.10. The normalized spacial score (nSPS) is 10.5. The van der Waals surface area contributed by atoms with Gasteiger partial charge in [-0.05, 0) is 48.7 Å². The molecule has 0 N–H and O–H groups in total. The van der Waals surface area contributed by atoms with E-state index < -0.39 is 0 Å². The van der Waals surface area contributed by atoms with Gasteiger partial charge < -0.3 is 0 Å². The zero-order valence-corrected chi connectivity index (χ0v) is 12.9. The Balaban J connectivity index is 2.09. The van der Waals surface area contributed by atoms with E-state index in [0.717, 1.165) is 22.4 Å². The molecular weight excluding hydrogens is 291 g/mol. The van der Waals surface area contributed by atoms with Gasteiger partial charge in [0, 0.05) is 6.42 Å². The second kappa shape index (κ2) is 6.01. The van der Waals surface area contributed by atoms with Crippen LogP contribution in [0, 0.1) is 31.0 Å². The van der Waals surface area contributed by atoms with Crippen LogP contribution in [0.2, 0.25) is 0 Å². The Labute approximate surface area is 133 Å². The molecular formula is C18H15FN4. The highest BCUT2D eigenvalue weighted by Gasteiger charge is 2.16. The maximum Gasteiger partial charge on any atom is 0.186 e. The van der Waals surface area contributed by atoms with E-state index in [-0.39, 0.29) is 11.5 Å². The Morgan fingerprint density at radius 1 is 1.13 bits per heavy atom. The number of aromatic nitrogens is 3. The van der Waals surface area contributed by atoms with Gasteiger partial charge in [0.1, 0.15) is 11.9 Å². The molecule has 0 fully saturated rings. The lowest BCUT2D eigenvalue weighted by atomic mass is 10.1. The standard InChI is InChI=1S/C18H15FN4/c1-12-3-4-13(2)17(9-12)23-18(16(11-20)21-22-23)10-14-5-7-15(19)8-6-14/h3-9H,10H2,1-2H3. The SMILES string of the molecule is Cc1ccc(C)c(-n2nnc(C#N)c2Cc2ccc(F)cc2)c1. The molecule has 3 rings (SSSR count). The van der Waals surface area contributed by atoms with E-state index in [1.807, 2.05) is 32.0 Å². The zero-order valence-electron chi connectivity index (χ0n) is 12.9. The third kappa shape index (κ3) is 2.97. The Morgan fingerprint density at radius 2 is 1.87 bits per heavy atom. The number of aryl methyl sites for hydroxylation is 2. The Bertz CT molecular complexity index is 888. The summed E-state index contributed by atoms with van der Waals surface area (Å²) in [4.78, 5) is 0. The highest BCUT2D eigenvalue weighted by Crippen LogP contribution is 2.20. The third-order valence-electron chi connectivity index (χ3n) is 3.75. The van der Waals surface area contributed by atoms with Crippen molar-refractivity contribution in [2.24, 2.45) is 0 Å². The average Bonchev–Trinajstić information content (AvgIpc) is 2.94. The average molecular weight is 306 g/mol. The van der Waals surface area contributed by atoms with Crippen molar-refractivity contribution in [2.75, 3.05) is 0 Å². The number of benzene rings is 2. The molecule has 2 aromatic carbocycles. The lowest BCUT2D eigenvalue weighted by Crippen LogP contribution is -2.06. The lowest BCUT2D eigenvalue weighted by molar-refractivity contribution is 0.627. The van der Waals surface area contributed by atoms with E-state index >= 15 is 0 Å². The fraction of sp³-hybridized carbons (Fsp3) is 0.167. The van der Waals surface area contributed by atoms with Crippen molar-refractivity contribution in [1.82, 2.24) is 15.0 Å². The van der Waals surface area contributed by atoms with E-state index in [1.165, 1.54) is 12.1 Å². The first-order valence-corrected chi connectivity index (χ1v) is 7.25. The van der Waals surface area contributed by atoms with E-state index in [1.54, 1.807) is 16.8 Å². The van der Waals surface area contributed by atoms with Crippen molar-refractivity contribution in [3.05, 3.63) is 76.4 Å². The van der Waals surface area contributed by atoms with Crippen LogP contribution >= 0.6 is 0 Å². The summed E-state index contributed by atoms with van der Waals surface area (Å²) < 4.78 is 14.8. The largest absolute Gasteiger partial charge is 0.216 e. The minimum atomic E-state index is -0.282. The molecule has 0 spiro atoms. The topological polar surface area (TPSA) is 54.5 Å². The van der Waals surface area contributed by atoms with Crippen LogP contribution in [0.1, 0.15) is 28.1 Å². The van der Waals surface area contributed by atoms with Gasteiger partial charge in [-0.1, -0.05) is 29.5 Å². The van der Waals surface area contributed by atoms with E-state index in [0.29, 0.717) is 12.1 Å². The smallest absolute Gasteiger partial charge is 0.186 e. The van der Waals surface area contributed by atoms with Gasteiger partial charge >= 0.3 is 0 Å². The van der Waals surface area contributed by atoms with Gasteiger partial charge in [0.05, 0.1) is 11.4 Å². The van der Waals surface area contributed by atoms with Gasteiger partial charge in [-0.2, -0.15) is 5.26 Å². The summed E-state index contributed by atoms with van der Waals surface area (Å²) in [5.41, 5.74) is 4.94. The van der Waals surface area contributed by atoms with Gasteiger partial charge in [-0.25, -0.2) is 9.07 Å². The number of hydrogen-bond donors (Lipinski definition) is 0. The quantitative estimate of drug-likeness (QED) is 0.744. The van der Waals surface area contributed by atoms with Crippen LogP contribution in [0.5, 0.6) is 0 Å². The van der Waals surface area contributed by atoms with Crippen LogP contribution < -0.4 is 0 Å². The van der Waals surface area contributed by atoms with Crippen LogP contribution in [-0.4, -0.2) is 15.0 Å². The first kappa shape index (κ1) is 14.9. The second-order valence-electron chi connectivity index (χ2n) is 5.50. The molecule has 5 heteroatoms. The Morgan fingerprint density at radius 3 is 2.57 bits per heavy atom. The number of nitrogens with zero attached hydrogens (tertiary/aromatic N) is 4. The predicted octanol–water partition coefficient (Wildman–Crippen LogP) is 3.49. The summed E-state index contributed by atoms with van der Waals surface area (Å²) in [5.74, 6) is -0.282. The number of rotatable bonds is 3. The van der Waals surface area contributed by atoms with Crippen LogP contribution in [0.25, 0.3) is 5.69 Å². The summed E-state index contributed by atoms with van der Waals surface area (Å²) in [7, 11) is 0. The summed E-state index contributed by atoms with van der Waals surface area (Å²) in [5, 5.41) is 17.4. The maximum atomic E-state index is 13.1. The van der Waals surface area contributed by atoms with Crippen LogP contribution in [0.15, 0.2) is 42.5 Å². The number of halogens is 1. The first-order valence-electron chi connectivity index (χ1n) is 7.25. The third-order valence-corrected chi connectivity index (χ3v) is 3.75. The highest BCUT2D eigenvalue weighted by atomic mass is 19.1. The van der Waals surface area contributed by atoms with Crippen LogP contribution in [0.4, 0.5) is 4.39 Å². The molecule has 0 aliphatic heterocycles. The minimum absolute atomic E-state index is 0.282. The second-order valence-corrected chi connectivity index (χ2v) is 5.50. The molecule has 0 aliphatic carbocycles. The van der Waals surface area contributed by atoms with E-state index in [2.05, 4.69) is 16.4 Å². The predicted molar refractivity (Wildman–Crippen MR) is 84.8 cm³/mol. The van der Waals surface area contributed by atoms with Crippen molar-refractivity contribution in [3.63, 3.8) is 0 Å². The van der Waals surface area contributed by atoms with E-state index in [9.17, 15) is 9.65 Å². The molecule has 1 heterocycles. The molecule has 0 saturated carbocycles. The molecule has 0 bridgehead atoms. The molecule has 4 nitrogen and oxygen atoms in total. The van der Waals surface area contributed by atoms with Crippen molar-refractivity contribution >= 4 is 0 Å². The molecule has 0 amide bonds. The summed E-state index contributed by atoms with van der Waals surface area (Å²) in [6.07, 6.45) is 0.462. The highest BCUT2D eigenvalue weighted by molar-refractivity contribution is 5.45. The number of hydrogen-bond acceptors (Lipinski definition) is 3. The summed E-state index contributed by atoms with van der Waals surface area (Å²) >= 11 is 0. The van der Waals surface area contributed by atoms with Crippen LogP contribution in [0.3, 0.4) is 0 Å². The van der Waals surface area contributed by atoms with Crippen LogP contribution in [-0.2, 0) is 6.42 Å². The zero-order chi connectivity index (χ0) is 16.4. The van der Waals surface area contributed by atoms with Gasteiger partial charge in [0.15, 0.2) is 5.69 Å². The van der Waals surface area contributed by atoms with Crippen molar-refractivity contribution in [1.29, 1.82) is 5.26 Å². The molecule has 0 aliphatic rings. The molecule has 1 aromatic heterocycles. The molecule has 3 aromatic rings. The minimum Gasteiger partial charge on any atom is -0.216 e. The summed E-state index contributed by atoms with van der Waals surface area (Å²) in [6, 6.07) is 14.4. The molecule has 0 unspecified atom stereocenters. The molecule has 114 valence electrons. The Hall–Kier alpha value is -3.00. The molecule has 0 saturated heterocycles.